The van der Waals surface area contributed by atoms with Gasteiger partial charge < -0.3 is 20.4 Å². The Hall–Kier alpha value is -3.73. The Kier molecular flexibility index (Phi) is 5.76. The normalized spacial score (nSPS) is 10.6. The highest BCUT2D eigenvalue weighted by Crippen LogP contribution is 2.19. The lowest BCUT2D eigenvalue weighted by Crippen LogP contribution is -2.20. The van der Waals surface area contributed by atoms with Crippen LogP contribution in [0.4, 0.5) is 11.4 Å². The standard InChI is InChI=1S/C24H23N3O2/c28-24(17-29-21-6-2-1-3-7-21)27-20-12-10-19(11-13-20)25-15-14-18-16-26-23-9-5-4-8-22(18)23/h1-13,16,25-26H,14-15,17H2,(H,27,28). The summed E-state index contributed by atoms with van der Waals surface area (Å²) in [5.41, 5.74) is 4.23. The number of aromatic nitrogens is 1. The van der Waals surface area contributed by atoms with Gasteiger partial charge in [-0.25, -0.2) is 0 Å². The lowest BCUT2D eigenvalue weighted by molar-refractivity contribution is -0.118. The molecule has 3 aromatic carbocycles. The lowest BCUT2D eigenvalue weighted by atomic mass is 10.1. The number of hydrogen-bond donors (Lipinski definition) is 3. The molecule has 5 nitrogen and oxygen atoms in total. The number of anilines is 2. The van der Waals surface area contributed by atoms with Gasteiger partial charge in [0.15, 0.2) is 6.61 Å². The van der Waals surface area contributed by atoms with Crippen LogP contribution in [0.1, 0.15) is 5.56 Å². The Balaban J connectivity index is 1.24. The van der Waals surface area contributed by atoms with E-state index in [2.05, 4.69) is 40.0 Å². The van der Waals surface area contributed by atoms with Crippen LogP contribution in [0.3, 0.4) is 0 Å². The first-order chi connectivity index (χ1) is 14.3. The number of nitrogens with one attached hydrogen (secondary N) is 3. The summed E-state index contributed by atoms with van der Waals surface area (Å²) in [6.07, 6.45) is 3.00. The van der Waals surface area contributed by atoms with Gasteiger partial charge in [-0.2, -0.15) is 0 Å². The molecule has 5 heteroatoms. The van der Waals surface area contributed by atoms with Crippen molar-refractivity contribution in [3.05, 3.63) is 90.6 Å². The molecule has 1 heterocycles. The predicted molar refractivity (Wildman–Crippen MR) is 118 cm³/mol. The fourth-order valence-corrected chi connectivity index (χ4v) is 3.21. The van der Waals surface area contributed by atoms with Crippen molar-refractivity contribution in [2.45, 2.75) is 6.42 Å². The van der Waals surface area contributed by atoms with Gasteiger partial charge in [0, 0.05) is 35.0 Å². The maximum absolute atomic E-state index is 12.0. The quantitative estimate of drug-likeness (QED) is 0.407. The Morgan fingerprint density at radius 1 is 0.862 bits per heavy atom. The molecule has 0 radical (unpaired) electrons. The van der Waals surface area contributed by atoms with Crippen LogP contribution < -0.4 is 15.4 Å². The number of benzene rings is 3. The maximum atomic E-state index is 12.0. The highest BCUT2D eigenvalue weighted by molar-refractivity contribution is 5.92. The topological polar surface area (TPSA) is 66.2 Å². The minimum atomic E-state index is -0.186. The molecule has 0 spiro atoms. The van der Waals surface area contributed by atoms with Gasteiger partial charge in [-0.15, -0.1) is 0 Å². The average molecular weight is 385 g/mol. The third kappa shape index (κ3) is 4.96. The minimum Gasteiger partial charge on any atom is -0.484 e. The largest absolute Gasteiger partial charge is 0.484 e. The summed E-state index contributed by atoms with van der Waals surface area (Å²) in [6, 6.07) is 25.3. The van der Waals surface area contributed by atoms with E-state index >= 15 is 0 Å². The SMILES string of the molecule is O=C(COc1ccccc1)Nc1ccc(NCCc2c[nH]c3ccccc23)cc1. The molecular weight excluding hydrogens is 362 g/mol. The molecule has 0 atom stereocenters. The fourth-order valence-electron chi connectivity index (χ4n) is 3.21. The highest BCUT2D eigenvalue weighted by atomic mass is 16.5. The van der Waals surface area contributed by atoms with Gasteiger partial charge in [0.25, 0.3) is 5.91 Å². The summed E-state index contributed by atoms with van der Waals surface area (Å²) >= 11 is 0. The number of H-pyrrole nitrogens is 1. The second kappa shape index (κ2) is 8.97. The van der Waals surface area contributed by atoms with Crippen LogP contribution in [-0.2, 0) is 11.2 Å². The van der Waals surface area contributed by atoms with E-state index in [-0.39, 0.29) is 12.5 Å². The van der Waals surface area contributed by atoms with E-state index in [1.165, 1.54) is 16.5 Å². The monoisotopic (exact) mass is 385 g/mol. The molecule has 0 saturated carbocycles. The smallest absolute Gasteiger partial charge is 0.262 e. The third-order valence-electron chi connectivity index (χ3n) is 4.68. The van der Waals surface area contributed by atoms with Gasteiger partial charge >= 0.3 is 0 Å². The minimum absolute atomic E-state index is 0.0192. The van der Waals surface area contributed by atoms with Crippen molar-refractivity contribution < 1.29 is 9.53 Å². The highest BCUT2D eigenvalue weighted by Gasteiger charge is 2.05. The summed E-state index contributed by atoms with van der Waals surface area (Å²) < 4.78 is 5.46. The molecule has 0 aliphatic rings. The zero-order valence-corrected chi connectivity index (χ0v) is 16.0. The molecule has 0 unspecified atom stereocenters. The van der Waals surface area contributed by atoms with Crippen molar-refractivity contribution in [2.75, 3.05) is 23.8 Å². The van der Waals surface area contributed by atoms with Crippen molar-refractivity contribution in [3.8, 4) is 5.75 Å². The molecule has 4 rings (SSSR count). The first kappa shape index (κ1) is 18.6. The number of para-hydroxylation sites is 2. The van der Waals surface area contributed by atoms with Crippen molar-refractivity contribution in [2.24, 2.45) is 0 Å². The number of fused-ring (bicyclic) bond motifs is 1. The number of amides is 1. The average Bonchev–Trinajstić information content (AvgIpc) is 3.17. The number of aromatic amines is 1. The second-order valence-corrected chi connectivity index (χ2v) is 6.76. The fraction of sp³-hybridized carbons (Fsp3) is 0.125. The van der Waals surface area contributed by atoms with E-state index in [1.807, 2.05) is 60.7 Å². The molecule has 0 fully saturated rings. The Morgan fingerprint density at radius 2 is 1.59 bits per heavy atom. The van der Waals surface area contributed by atoms with Crippen LogP contribution >= 0.6 is 0 Å². The van der Waals surface area contributed by atoms with E-state index in [0.29, 0.717) is 5.75 Å². The molecule has 0 aliphatic carbocycles. The van der Waals surface area contributed by atoms with E-state index in [4.69, 9.17) is 4.74 Å². The zero-order valence-electron chi connectivity index (χ0n) is 16.0. The molecular formula is C24H23N3O2. The first-order valence-corrected chi connectivity index (χ1v) is 9.64. The first-order valence-electron chi connectivity index (χ1n) is 9.64. The number of rotatable bonds is 8. The van der Waals surface area contributed by atoms with E-state index in [1.54, 1.807) is 0 Å². The molecule has 3 N–H and O–H groups in total. The van der Waals surface area contributed by atoms with Gasteiger partial charge in [0.2, 0.25) is 0 Å². The summed E-state index contributed by atoms with van der Waals surface area (Å²) in [7, 11) is 0. The number of carbonyl (C=O) groups is 1. The Morgan fingerprint density at radius 3 is 2.41 bits per heavy atom. The molecule has 146 valence electrons. The Labute approximate surface area is 169 Å². The van der Waals surface area contributed by atoms with Crippen molar-refractivity contribution in [1.82, 2.24) is 4.98 Å². The molecule has 4 aromatic rings. The van der Waals surface area contributed by atoms with Crippen LogP contribution in [0.15, 0.2) is 85.1 Å². The van der Waals surface area contributed by atoms with Gasteiger partial charge in [-0.05, 0) is 54.4 Å². The van der Waals surface area contributed by atoms with E-state index < -0.39 is 0 Å². The summed E-state index contributed by atoms with van der Waals surface area (Å²) in [6.45, 7) is 0.813. The van der Waals surface area contributed by atoms with Crippen molar-refractivity contribution >= 4 is 28.2 Å². The van der Waals surface area contributed by atoms with Crippen LogP contribution in [-0.4, -0.2) is 24.0 Å². The maximum Gasteiger partial charge on any atom is 0.262 e. The molecule has 0 saturated heterocycles. The summed E-state index contributed by atoms with van der Waals surface area (Å²) in [4.78, 5) is 15.3. The number of ether oxygens (including phenoxy) is 1. The summed E-state index contributed by atoms with van der Waals surface area (Å²) in [5.74, 6) is 0.492. The predicted octanol–water partition coefficient (Wildman–Crippen LogP) is 4.84. The van der Waals surface area contributed by atoms with E-state index in [0.717, 1.165) is 24.3 Å². The van der Waals surface area contributed by atoms with Crippen molar-refractivity contribution in [1.29, 1.82) is 0 Å². The molecule has 0 bridgehead atoms. The van der Waals surface area contributed by atoms with Crippen LogP contribution in [0.2, 0.25) is 0 Å². The van der Waals surface area contributed by atoms with Crippen molar-refractivity contribution in [3.63, 3.8) is 0 Å². The van der Waals surface area contributed by atoms with Crippen LogP contribution in [0.5, 0.6) is 5.75 Å². The van der Waals surface area contributed by atoms with Crippen LogP contribution in [0, 0.1) is 0 Å². The van der Waals surface area contributed by atoms with Gasteiger partial charge in [0.05, 0.1) is 0 Å². The van der Waals surface area contributed by atoms with Crippen LogP contribution in [0.25, 0.3) is 10.9 Å². The van der Waals surface area contributed by atoms with Gasteiger partial charge in [-0.1, -0.05) is 36.4 Å². The number of carbonyl (C=O) groups excluding carboxylic acids is 1. The third-order valence-corrected chi connectivity index (χ3v) is 4.68. The van der Waals surface area contributed by atoms with E-state index in [9.17, 15) is 4.79 Å². The van der Waals surface area contributed by atoms with Gasteiger partial charge in [0.1, 0.15) is 5.75 Å². The lowest BCUT2D eigenvalue weighted by Gasteiger charge is -2.09. The molecule has 1 aromatic heterocycles. The molecule has 29 heavy (non-hydrogen) atoms. The zero-order chi connectivity index (χ0) is 19.9. The summed E-state index contributed by atoms with van der Waals surface area (Å²) in [5, 5.41) is 7.53. The van der Waals surface area contributed by atoms with Gasteiger partial charge in [-0.3, -0.25) is 4.79 Å². The molecule has 1 amide bonds. The number of hydrogen-bond acceptors (Lipinski definition) is 3. The molecule has 0 aliphatic heterocycles. The Bertz CT molecular complexity index is 1070. The second-order valence-electron chi connectivity index (χ2n) is 6.76.